The largest absolute Gasteiger partial charge is 0.353 e. The van der Waals surface area contributed by atoms with Gasteiger partial charge in [0.25, 0.3) is 0 Å². The quantitative estimate of drug-likeness (QED) is 0.729. The molecule has 6 nitrogen and oxygen atoms in total. The van der Waals surface area contributed by atoms with Crippen LogP contribution in [0.5, 0.6) is 0 Å². The predicted octanol–water partition coefficient (Wildman–Crippen LogP) is 3.08. The van der Waals surface area contributed by atoms with Crippen LogP contribution in [0.25, 0.3) is 0 Å². The molecular formula is C26H33N5O. The zero-order chi connectivity index (χ0) is 22.5. The average Bonchev–Trinajstić information content (AvgIpc) is 3.29. The van der Waals surface area contributed by atoms with Crippen molar-refractivity contribution in [2.24, 2.45) is 5.92 Å². The molecule has 1 aliphatic heterocycles. The molecule has 0 unspecified atom stereocenters. The molecule has 4 rings (SSSR count). The second-order valence-corrected chi connectivity index (χ2v) is 9.30. The minimum Gasteiger partial charge on any atom is -0.353 e. The Hall–Kier alpha value is -2.91. The van der Waals surface area contributed by atoms with Crippen molar-refractivity contribution in [2.75, 3.05) is 37.6 Å². The summed E-state index contributed by atoms with van der Waals surface area (Å²) in [6.07, 6.45) is 4.11. The lowest BCUT2D eigenvalue weighted by molar-refractivity contribution is -0.122. The van der Waals surface area contributed by atoms with Gasteiger partial charge in [-0.1, -0.05) is 44.2 Å². The number of piperazine rings is 1. The molecule has 1 aromatic heterocycles. The summed E-state index contributed by atoms with van der Waals surface area (Å²) in [7, 11) is 0. The van der Waals surface area contributed by atoms with E-state index in [0.717, 1.165) is 68.8 Å². The number of carbonyl (C=O) groups is 1. The maximum Gasteiger partial charge on any atom is 0.234 e. The van der Waals surface area contributed by atoms with Gasteiger partial charge in [0.05, 0.1) is 12.1 Å². The van der Waals surface area contributed by atoms with E-state index in [4.69, 9.17) is 4.98 Å². The highest BCUT2D eigenvalue weighted by Gasteiger charge is 2.28. The van der Waals surface area contributed by atoms with Crippen LogP contribution in [-0.2, 0) is 30.6 Å². The van der Waals surface area contributed by atoms with Gasteiger partial charge in [-0.2, -0.15) is 5.26 Å². The summed E-state index contributed by atoms with van der Waals surface area (Å²) in [4.78, 5) is 21.9. The van der Waals surface area contributed by atoms with Gasteiger partial charge < -0.3 is 10.2 Å². The molecule has 32 heavy (non-hydrogen) atoms. The minimum atomic E-state index is 0.0508. The summed E-state index contributed by atoms with van der Waals surface area (Å²) < 4.78 is 0. The number of nitriles is 1. The molecule has 1 amide bonds. The molecule has 0 spiro atoms. The van der Waals surface area contributed by atoms with E-state index in [1.54, 1.807) is 0 Å². The van der Waals surface area contributed by atoms with Gasteiger partial charge in [0.15, 0.2) is 0 Å². The first-order valence-corrected chi connectivity index (χ1v) is 11.8. The molecule has 1 saturated heterocycles. The third-order valence-electron chi connectivity index (χ3n) is 6.42. The smallest absolute Gasteiger partial charge is 0.234 e. The standard InChI is InChI=1S/C26H33N5O/c1-19(2)15-24-22-10-6-9-21(22)23(16-27)26(29-24)31-13-11-30(12-14-31)18-25(32)28-17-20-7-4-3-5-8-20/h3-5,7-8,19H,6,9-15,17-18H2,1-2H3,(H,28,32). The number of nitrogens with one attached hydrogen (secondary N) is 1. The van der Waals surface area contributed by atoms with Crippen LogP contribution in [0.2, 0.25) is 0 Å². The van der Waals surface area contributed by atoms with Crippen LogP contribution in [0, 0.1) is 17.2 Å². The Morgan fingerprint density at radius 2 is 1.84 bits per heavy atom. The van der Waals surface area contributed by atoms with Gasteiger partial charge in [-0.3, -0.25) is 9.69 Å². The van der Waals surface area contributed by atoms with Crippen molar-refractivity contribution in [1.82, 2.24) is 15.2 Å². The van der Waals surface area contributed by atoms with Crippen LogP contribution in [-0.4, -0.2) is 48.5 Å². The van der Waals surface area contributed by atoms with Gasteiger partial charge >= 0.3 is 0 Å². The number of benzene rings is 1. The molecule has 1 aromatic carbocycles. The van der Waals surface area contributed by atoms with Crippen molar-refractivity contribution in [2.45, 2.75) is 46.1 Å². The number of rotatable bonds is 7. The number of aromatic nitrogens is 1. The predicted molar refractivity (Wildman–Crippen MR) is 126 cm³/mol. The van der Waals surface area contributed by atoms with Gasteiger partial charge in [-0.15, -0.1) is 0 Å². The lowest BCUT2D eigenvalue weighted by Gasteiger charge is -2.36. The number of hydrogen-bond donors (Lipinski definition) is 1. The Bertz CT molecular complexity index is 988. The zero-order valence-electron chi connectivity index (χ0n) is 19.2. The van der Waals surface area contributed by atoms with E-state index in [1.165, 1.54) is 16.8 Å². The van der Waals surface area contributed by atoms with Crippen LogP contribution in [0.1, 0.15) is 48.2 Å². The van der Waals surface area contributed by atoms with E-state index in [9.17, 15) is 10.1 Å². The van der Waals surface area contributed by atoms with E-state index in [1.807, 2.05) is 30.3 Å². The second-order valence-electron chi connectivity index (χ2n) is 9.30. The number of hydrogen-bond acceptors (Lipinski definition) is 5. The van der Waals surface area contributed by atoms with Crippen LogP contribution in [0.3, 0.4) is 0 Å². The van der Waals surface area contributed by atoms with Gasteiger partial charge in [-0.25, -0.2) is 4.98 Å². The molecule has 2 heterocycles. The first-order valence-electron chi connectivity index (χ1n) is 11.8. The fourth-order valence-corrected chi connectivity index (χ4v) is 4.80. The van der Waals surface area contributed by atoms with Crippen molar-refractivity contribution >= 4 is 11.7 Å². The average molecular weight is 432 g/mol. The monoisotopic (exact) mass is 431 g/mol. The van der Waals surface area contributed by atoms with E-state index in [-0.39, 0.29) is 5.91 Å². The molecule has 1 aliphatic carbocycles. The zero-order valence-corrected chi connectivity index (χ0v) is 19.2. The molecule has 1 N–H and O–H groups in total. The SMILES string of the molecule is CC(C)Cc1nc(N2CCN(CC(=O)NCc3ccccc3)CC2)c(C#N)c2c1CCC2. The van der Waals surface area contributed by atoms with Crippen molar-refractivity contribution in [3.05, 3.63) is 58.3 Å². The normalized spacial score (nSPS) is 16.1. The number of amides is 1. The summed E-state index contributed by atoms with van der Waals surface area (Å²) in [5, 5.41) is 12.9. The Labute approximate surface area is 191 Å². The number of carbonyl (C=O) groups excluding carboxylic acids is 1. The molecule has 0 saturated carbocycles. The summed E-state index contributed by atoms with van der Waals surface area (Å²) in [6, 6.07) is 12.4. The van der Waals surface area contributed by atoms with Crippen molar-refractivity contribution in [3.8, 4) is 6.07 Å². The van der Waals surface area contributed by atoms with Gasteiger partial charge in [0.2, 0.25) is 5.91 Å². The third kappa shape index (κ3) is 5.11. The Morgan fingerprint density at radius 3 is 2.53 bits per heavy atom. The summed E-state index contributed by atoms with van der Waals surface area (Å²) in [6.45, 7) is 8.57. The van der Waals surface area contributed by atoms with Gasteiger partial charge in [0, 0.05) is 38.4 Å². The van der Waals surface area contributed by atoms with Crippen molar-refractivity contribution in [3.63, 3.8) is 0 Å². The maximum absolute atomic E-state index is 12.4. The minimum absolute atomic E-state index is 0.0508. The molecular weight excluding hydrogens is 398 g/mol. The van der Waals surface area contributed by atoms with Crippen LogP contribution >= 0.6 is 0 Å². The molecule has 6 heteroatoms. The summed E-state index contributed by atoms with van der Waals surface area (Å²) in [5.41, 5.74) is 5.63. The van der Waals surface area contributed by atoms with Crippen molar-refractivity contribution < 1.29 is 4.79 Å². The van der Waals surface area contributed by atoms with E-state index in [2.05, 4.69) is 35.0 Å². The van der Waals surface area contributed by atoms with Crippen LogP contribution < -0.4 is 10.2 Å². The molecule has 1 fully saturated rings. The van der Waals surface area contributed by atoms with E-state index in [0.29, 0.717) is 19.0 Å². The molecule has 2 aromatic rings. The highest BCUT2D eigenvalue weighted by atomic mass is 16.2. The lowest BCUT2D eigenvalue weighted by atomic mass is 9.97. The first kappa shape index (κ1) is 22.3. The van der Waals surface area contributed by atoms with E-state index < -0.39 is 0 Å². The van der Waals surface area contributed by atoms with E-state index >= 15 is 0 Å². The third-order valence-corrected chi connectivity index (χ3v) is 6.42. The Balaban J connectivity index is 1.38. The lowest BCUT2D eigenvalue weighted by Crippen LogP contribution is -2.50. The van der Waals surface area contributed by atoms with Gasteiger partial charge in [0.1, 0.15) is 11.9 Å². The number of anilines is 1. The first-order chi connectivity index (χ1) is 15.5. The van der Waals surface area contributed by atoms with Crippen molar-refractivity contribution in [1.29, 1.82) is 5.26 Å². The highest BCUT2D eigenvalue weighted by molar-refractivity contribution is 5.78. The molecule has 0 radical (unpaired) electrons. The maximum atomic E-state index is 12.4. The molecule has 0 bridgehead atoms. The number of fused-ring (bicyclic) bond motifs is 1. The topological polar surface area (TPSA) is 72.3 Å². The summed E-state index contributed by atoms with van der Waals surface area (Å²) in [5.74, 6) is 1.45. The fourth-order valence-electron chi connectivity index (χ4n) is 4.80. The Morgan fingerprint density at radius 1 is 1.12 bits per heavy atom. The van der Waals surface area contributed by atoms with Crippen LogP contribution in [0.15, 0.2) is 30.3 Å². The second kappa shape index (κ2) is 10.1. The molecule has 2 aliphatic rings. The molecule has 0 atom stereocenters. The van der Waals surface area contributed by atoms with Gasteiger partial charge in [-0.05, 0) is 48.3 Å². The number of nitrogens with zero attached hydrogens (tertiary/aromatic N) is 4. The van der Waals surface area contributed by atoms with Crippen LogP contribution in [0.4, 0.5) is 5.82 Å². The number of pyridine rings is 1. The Kier molecular flexibility index (Phi) is 7.06. The fraction of sp³-hybridized carbons (Fsp3) is 0.500. The summed E-state index contributed by atoms with van der Waals surface area (Å²) >= 11 is 0. The highest BCUT2D eigenvalue weighted by Crippen LogP contribution is 2.34. The molecule has 168 valence electrons.